The van der Waals surface area contributed by atoms with Crippen LogP contribution in [0, 0.1) is 18.2 Å². The molecule has 0 radical (unpaired) electrons. The van der Waals surface area contributed by atoms with Gasteiger partial charge in [0.15, 0.2) is 5.82 Å². The minimum atomic E-state index is -0.321. The highest BCUT2D eigenvalue weighted by molar-refractivity contribution is 5.94. The van der Waals surface area contributed by atoms with Gasteiger partial charge in [-0.3, -0.25) is 4.79 Å². The molecular formula is C21H27FN4O2. The minimum absolute atomic E-state index is 0.0677. The van der Waals surface area contributed by atoms with Crippen LogP contribution in [0.4, 0.5) is 4.39 Å². The molecule has 4 rings (SSSR count). The van der Waals surface area contributed by atoms with Gasteiger partial charge in [-0.15, -0.1) is 10.2 Å². The Morgan fingerprint density at radius 2 is 1.93 bits per heavy atom. The van der Waals surface area contributed by atoms with Crippen molar-refractivity contribution in [2.45, 2.75) is 52.2 Å². The number of ether oxygens (including phenoxy) is 1. The lowest BCUT2D eigenvalue weighted by molar-refractivity contribution is 0.0534. The molecule has 0 bridgehead atoms. The van der Waals surface area contributed by atoms with Crippen LogP contribution < -0.4 is 0 Å². The molecule has 150 valence electrons. The van der Waals surface area contributed by atoms with E-state index in [-0.39, 0.29) is 17.1 Å². The molecule has 1 fully saturated rings. The molecule has 0 atom stereocenters. The maximum Gasteiger partial charge on any atom is 0.253 e. The SMILES string of the molecule is COCc1nnc2n1CCC1(CC2)CCN(C(=O)c2ccc(C)c(F)c2)CC1. The van der Waals surface area contributed by atoms with Crippen LogP contribution in [0.25, 0.3) is 0 Å². The van der Waals surface area contributed by atoms with Crippen LogP contribution in [0.2, 0.25) is 0 Å². The lowest BCUT2D eigenvalue weighted by Crippen LogP contribution is -2.43. The Bertz CT molecular complexity index is 871. The van der Waals surface area contributed by atoms with E-state index in [1.807, 2.05) is 4.90 Å². The Kier molecular flexibility index (Phi) is 5.19. The molecule has 2 aromatic rings. The molecule has 2 aliphatic rings. The standard InChI is InChI=1S/C21H27FN4O2/c1-15-3-4-16(13-17(15)22)20(27)25-10-7-21(8-11-25)6-5-18-23-24-19(14-28-2)26(18)12-9-21/h3-4,13H,5-12,14H2,1-2H3. The molecule has 0 unspecified atom stereocenters. The van der Waals surface area contributed by atoms with E-state index in [4.69, 9.17) is 4.74 Å². The molecular weight excluding hydrogens is 359 g/mol. The average Bonchev–Trinajstić information content (AvgIpc) is 3.00. The predicted molar refractivity (Wildman–Crippen MR) is 102 cm³/mol. The number of aryl methyl sites for hydroxylation is 2. The number of nitrogens with zero attached hydrogens (tertiary/aromatic N) is 4. The van der Waals surface area contributed by atoms with Crippen molar-refractivity contribution in [1.82, 2.24) is 19.7 Å². The zero-order valence-electron chi connectivity index (χ0n) is 16.6. The number of benzene rings is 1. The minimum Gasteiger partial charge on any atom is -0.377 e. The van der Waals surface area contributed by atoms with E-state index in [0.717, 1.165) is 63.4 Å². The lowest BCUT2D eigenvalue weighted by atomic mass is 9.72. The highest BCUT2D eigenvalue weighted by Crippen LogP contribution is 2.42. The maximum absolute atomic E-state index is 13.8. The number of hydrogen-bond donors (Lipinski definition) is 0. The average molecular weight is 386 g/mol. The monoisotopic (exact) mass is 386 g/mol. The number of carbonyl (C=O) groups is 1. The first-order valence-electron chi connectivity index (χ1n) is 9.97. The number of fused-ring (bicyclic) bond motifs is 1. The van der Waals surface area contributed by atoms with E-state index in [0.29, 0.717) is 17.7 Å². The van der Waals surface area contributed by atoms with Crippen molar-refractivity contribution in [3.63, 3.8) is 0 Å². The molecule has 3 heterocycles. The van der Waals surface area contributed by atoms with Crippen LogP contribution in [0.15, 0.2) is 18.2 Å². The number of aromatic nitrogens is 3. The molecule has 1 saturated heterocycles. The lowest BCUT2D eigenvalue weighted by Gasteiger charge is -2.41. The molecule has 6 nitrogen and oxygen atoms in total. The molecule has 28 heavy (non-hydrogen) atoms. The number of rotatable bonds is 3. The van der Waals surface area contributed by atoms with Gasteiger partial charge < -0.3 is 14.2 Å². The van der Waals surface area contributed by atoms with E-state index in [9.17, 15) is 9.18 Å². The van der Waals surface area contributed by atoms with Gasteiger partial charge in [0.2, 0.25) is 0 Å². The van der Waals surface area contributed by atoms with E-state index in [1.165, 1.54) is 6.07 Å². The van der Waals surface area contributed by atoms with Crippen LogP contribution in [-0.2, 0) is 24.3 Å². The second-order valence-corrected chi connectivity index (χ2v) is 8.12. The molecule has 0 N–H and O–H groups in total. The molecule has 7 heteroatoms. The molecule has 1 aromatic heterocycles. The summed E-state index contributed by atoms with van der Waals surface area (Å²) in [6.45, 7) is 4.53. The topological polar surface area (TPSA) is 60.3 Å². The van der Waals surface area contributed by atoms with Gasteiger partial charge in [-0.25, -0.2) is 4.39 Å². The second kappa shape index (κ2) is 7.62. The zero-order valence-corrected chi connectivity index (χ0v) is 16.6. The predicted octanol–water partition coefficient (Wildman–Crippen LogP) is 3.13. The number of likely N-dealkylation sites (tertiary alicyclic amines) is 1. The van der Waals surface area contributed by atoms with Crippen molar-refractivity contribution >= 4 is 5.91 Å². The van der Waals surface area contributed by atoms with Crippen molar-refractivity contribution in [3.8, 4) is 0 Å². The Morgan fingerprint density at radius 3 is 2.64 bits per heavy atom. The third-order valence-electron chi connectivity index (χ3n) is 6.45. The van der Waals surface area contributed by atoms with Crippen molar-refractivity contribution < 1.29 is 13.9 Å². The van der Waals surface area contributed by atoms with Crippen LogP contribution in [0.1, 0.15) is 53.3 Å². The molecule has 2 aliphatic heterocycles. The highest BCUT2D eigenvalue weighted by Gasteiger charge is 2.38. The Hall–Kier alpha value is -2.28. The fourth-order valence-corrected chi connectivity index (χ4v) is 4.49. The fourth-order valence-electron chi connectivity index (χ4n) is 4.49. The maximum atomic E-state index is 13.8. The van der Waals surface area contributed by atoms with Gasteiger partial charge in [0, 0.05) is 38.7 Å². The van der Waals surface area contributed by atoms with Crippen LogP contribution in [0.3, 0.4) is 0 Å². The zero-order chi connectivity index (χ0) is 19.7. The van der Waals surface area contributed by atoms with Gasteiger partial charge >= 0.3 is 0 Å². The Morgan fingerprint density at radius 1 is 1.18 bits per heavy atom. The molecule has 1 aromatic carbocycles. The summed E-state index contributed by atoms with van der Waals surface area (Å²) in [6, 6.07) is 4.75. The quantitative estimate of drug-likeness (QED) is 0.813. The van der Waals surface area contributed by atoms with Crippen LogP contribution in [0.5, 0.6) is 0 Å². The fraction of sp³-hybridized carbons (Fsp3) is 0.571. The second-order valence-electron chi connectivity index (χ2n) is 8.12. The summed E-state index contributed by atoms with van der Waals surface area (Å²) >= 11 is 0. The van der Waals surface area contributed by atoms with E-state index in [2.05, 4.69) is 14.8 Å². The first-order valence-corrected chi connectivity index (χ1v) is 9.97. The molecule has 1 amide bonds. The summed E-state index contributed by atoms with van der Waals surface area (Å²) < 4.78 is 21.3. The van der Waals surface area contributed by atoms with E-state index in [1.54, 1.807) is 26.2 Å². The van der Waals surface area contributed by atoms with Crippen molar-refractivity contribution in [1.29, 1.82) is 0 Å². The summed E-state index contributed by atoms with van der Waals surface area (Å²) in [5, 5.41) is 8.59. The highest BCUT2D eigenvalue weighted by atomic mass is 19.1. The van der Waals surface area contributed by atoms with Crippen LogP contribution >= 0.6 is 0 Å². The largest absolute Gasteiger partial charge is 0.377 e. The molecule has 0 aliphatic carbocycles. The van der Waals surface area contributed by atoms with Gasteiger partial charge in [0.1, 0.15) is 18.2 Å². The number of hydrogen-bond acceptors (Lipinski definition) is 4. The molecule has 1 spiro atoms. The van der Waals surface area contributed by atoms with Gasteiger partial charge in [-0.05, 0) is 55.7 Å². The number of carbonyl (C=O) groups excluding carboxylic acids is 1. The van der Waals surface area contributed by atoms with Crippen molar-refractivity contribution in [3.05, 3.63) is 46.8 Å². The third-order valence-corrected chi connectivity index (χ3v) is 6.45. The first-order chi connectivity index (χ1) is 13.5. The van der Waals surface area contributed by atoms with Gasteiger partial charge in [-0.2, -0.15) is 0 Å². The Balaban J connectivity index is 1.41. The molecule has 0 saturated carbocycles. The van der Waals surface area contributed by atoms with E-state index < -0.39 is 0 Å². The van der Waals surface area contributed by atoms with Gasteiger partial charge in [-0.1, -0.05) is 6.07 Å². The van der Waals surface area contributed by atoms with Crippen molar-refractivity contribution in [2.75, 3.05) is 20.2 Å². The smallest absolute Gasteiger partial charge is 0.253 e. The normalized spacial score (nSPS) is 18.8. The summed E-state index contributed by atoms with van der Waals surface area (Å²) in [5.41, 5.74) is 1.24. The number of methoxy groups -OCH3 is 1. The summed E-state index contributed by atoms with van der Waals surface area (Å²) in [6.07, 6.45) is 5.00. The summed E-state index contributed by atoms with van der Waals surface area (Å²) in [5.74, 6) is 1.54. The van der Waals surface area contributed by atoms with Crippen molar-refractivity contribution in [2.24, 2.45) is 5.41 Å². The number of piperidine rings is 1. The summed E-state index contributed by atoms with van der Waals surface area (Å²) in [4.78, 5) is 14.7. The third kappa shape index (κ3) is 3.55. The van der Waals surface area contributed by atoms with Gasteiger partial charge in [0.25, 0.3) is 5.91 Å². The van der Waals surface area contributed by atoms with Gasteiger partial charge in [0.05, 0.1) is 0 Å². The first kappa shape index (κ1) is 19.1. The summed E-state index contributed by atoms with van der Waals surface area (Å²) in [7, 11) is 1.67. The number of halogens is 1. The Labute approximate surface area is 164 Å². The van der Waals surface area contributed by atoms with E-state index >= 15 is 0 Å². The van der Waals surface area contributed by atoms with Crippen LogP contribution in [-0.4, -0.2) is 45.8 Å². The number of amides is 1.